The van der Waals surface area contributed by atoms with E-state index in [1.54, 1.807) is 6.07 Å². The summed E-state index contributed by atoms with van der Waals surface area (Å²) in [6.07, 6.45) is 7.78. The zero-order chi connectivity index (χ0) is 13.7. The largest absolute Gasteiger partial charge is 0.392 e. The van der Waals surface area contributed by atoms with Crippen LogP contribution in [0.15, 0.2) is 24.3 Å². The maximum absolute atomic E-state index is 13.8. The highest BCUT2D eigenvalue weighted by atomic mass is 19.1. The van der Waals surface area contributed by atoms with Crippen molar-refractivity contribution >= 4 is 0 Å². The minimum absolute atomic E-state index is 0.0943. The molecule has 0 heterocycles. The fraction of sp³-hybridized carbons (Fsp3) is 0.667. The number of benzene rings is 1. The molecule has 1 atom stereocenters. The molecule has 1 unspecified atom stereocenters. The van der Waals surface area contributed by atoms with Gasteiger partial charge in [-0.05, 0) is 73.3 Å². The first-order chi connectivity index (χ1) is 9.64. The lowest BCUT2D eigenvalue weighted by Crippen LogP contribution is -2.52. The van der Waals surface area contributed by atoms with E-state index in [1.807, 2.05) is 12.1 Å². The summed E-state index contributed by atoms with van der Waals surface area (Å²) in [5.41, 5.74) is 0.771. The molecule has 5 rings (SSSR count). The summed E-state index contributed by atoms with van der Waals surface area (Å²) in [5, 5.41) is 10.8. The van der Waals surface area contributed by atoms with Gasteiger partial charge < -0.3 is 5.11 Å². The van der Waals surface area contributed by atoms with Crippen molar-refractivity contribution in [3.63, 3.8) is 0 Å². The summed E-state index contributed by atoms with van der Waals surface area (Å²) in [7, 11) is 0. The van der Waals surface area contributed by atoms with Crippen molar-refractivity contribution in [2.45, 2.75) is 51.0 Å². The molecule has 20 heavy (non-hydrogen) atoms. The molecule has 4 aliphatic carbocycles. The number of hydrogen-bond donors (Lipinski definition) is 1. The Kier molecular flexibility index (Phi) is 2.92. The van der Waals surface area contributed by atoms with Crippen molar-refractivity contribution in [1.29, 1.82) is 0 Å². The van der Waals surface area contributed by atoms with Crippen LogP contribution >= 0.6 is 0 Å². The van der Waals surface area contributed by atoms with Crippen LogP contribution in [0, 0.1) is 29.0 Å². The lowest BCUT2D eigenvalue weighted by molar-refractivity contribution is -0.119. The molecule has 4 saturated carbocycles. The molecule has 0 radical (unpaired) electrons. The molecule has 4 bridgehead atoms. The number of hydrogen-bond acceptors (Lipinski definition) is 1. The Morgan fingerprint density at radius 2 is 1.60 bits per heavy atom. The van der Waals surface area contributed by atoms with Crippen LogP contribution in [0.2, 0.25) is 0 Å². The summed E-state index contributed by atoms with van der Waals surface area (Å²) in [4.78, 5) is 0. The second-order valence-electron chi connectivity index (χ2n) is 7.59. The van der Waals surface area contributed by atoms with Gasteiger partial charge in [0.1, 0.15) is 5.82 Å². The fourth-order valence-electron chi connectivity index (χ4n) is 5.67. The summed E-state index contributed by atoms with van der Waals surface area (Å²) in [6.45, 7) is 0. The average molecular weight is 274 g/mol. The molecule has 0 aromatic heterocycles. The smallest absolute Gasteiger partial charge is 0.126 e. The Labute approximate surface area is 120 Å². The van der Waals surface area contributed by atoms with Crippen LogP contribution in [0.3, 0.4) is 0 Å². The van der Waals surface area contributed by atoms with E-state index in [0.717, 1.165) is 17.8 Å². The molecular formula is C18H23FO. The highest BCUT2D eigenvalue weighted by molar-refractivity contribution is 5.19. The second kappa shape index (κ2) is 4.56. The summed E-state index contributed by atoms with van der Waals surface area (Å²) < 4.78 is 13.8. The zero-order valence-electron chi connectivity index (χ0n) is 11.9. The normalized spacial score (nSPS) is 40.0. The van der Waals surface area contributed by atoms with Crippen LogP contribution in [0.1, 0.15) is 44.1 Å². The molecule has 0 aliphatic heterocycles. The molecule has 0 spiro atoms. The van der Waals surface area contributed by atoms with Crippen molar-refractivity contribution in [3.8, 4) is 0 Å². The van der Waals surface area contributed by atoms with Crippen LogP contribution in [0.4, 0.5) is 4.39 Å². The Morgan fingerprint density at radius 1 is 1.05 bits per heavy atom. The number of halogens is 1. The van der Waals surface area contributed by atoms with Crippen LogP contribution in [0.25, 0.3) is 0 Å². The van der Waals surface area contributed by atoms with Gasteiger partial charge in [0.25, 0.3) is 0 Å². The van der Waals surface area contributed by atoms with Gasteiger partial charge in [0.2, 0.25) is 0 Å². The predicted molar refractivity (Wildman–Crippen MR) is 76.7 cm³/mol. The fourth-order valence-corrected chi connectivity index (χ4v) is 5.67. The van der Waals surface area contributed by atoms with Gasteiger partial charge in [-0.15, -0.1) is 0 Å². The van der Waals surface area contributed by atoms with Gasteiger partial charge in [0, 0.05) is 6.42 Å². The third-order valence-corrected chi connectivity index (χ3v) is 6.16. The molecule has 0 saturated heterocycles. The maximum atomic E-state index is 13.8. The van der Waals surface area contributed by atoms with Crippen molar-refractivity contribution in [2.24, 2.45) is 23.2 Å². The minimum Gasteiger partial charge on any atom is -0.392 e. The Morgan fingerprint density at radius 3 is 2.15 bits per heavy atom. The van der Waals surface area contributed by atoms with E-state index in [-0.39, 0.29) is 17.3 Å². The SMILES string of the molecule is OC(Cc1ccccc1F)C12CC3CC(CC(C3)C1)C2. The second-order valence-corrected chi connectivity index (χ2v) is 7.59. The van der Waals surface area contributed by atoms with Crippen LogP contribution < -0.4 is 0 Å². The van der Waals surface area contributed by atoms with Gasteiger partial charge in [-0.3, -0.25) is 0 Å². The molecule has 0 amide bonds. The first kappa shape index (κ1) is 12.8. The molecule has 1 aromatic rings. The Hall–Kier alpha value is -0.890. The van der Waals surface area contributed by atoms with Crippen molar-refractivity contribution in [2.75, 3.05) is 0 Å². The standard InChI is InChI=1S/C18H23FO/c19-16-4-2-1-3-15(16)8-17(20)18-9-12-5-13(10-18)7-14(6-12)11-18/h1-4,12-14,17,20H,5-11H2. The molecule has 1 aromatic carbocycles. The number of aliphatic hydroxyl groups is 1. The molecule has 4 aliphatic rings. The molecule has 2 heteroatoms. The third-order valence-electron chi connectivity index (χ3n) is 6.16. The van der Waals surface area contributed by atoms with E-state index < -0.39 is 0 Å². The van der Waals surface area contributed by atoms with E-state index in [4.69, 9.17) is 0 Å². The zero-order valence-corrected chi connectivity index (χ0v) is 11.9. The summed E-state index contributed by atoms with van der Waals surface area (Å²) in [6, 6.07) is 6.90. The third kappa shape index (κ3) is 2.00. The van der Waals surface area contributed by atoms with E-state index >= 15 is 0 Å². The van der Waals surface area contributed by atoms with Crippen molar-refractivity contribution in [1.82, 2.24) is 0 Å². The lowest BCUT2D eigenvalue weighted by Gasteiger charge is -2.58. The van der Waals surface area contributed by atoms with E-state index in [1.165, 1.54) is 44.6 Å². The van der Waals surface area contributed by atoms with Crippen LogP contribution in [-0.2, 0) is 6.42 Å². The first-order valence-electron chi connectivity index (χ1n) is 8.06. The molecule has 1 N–H and O–H groups in total. The van der Waals surface area contributed by atoms with Gasteiger partial charge in [-0.1, -0.05) is 18.2 Å². The van der Waals surface area contributed by atoms with Crippen molar-refractivity contribution < 1.29 is 9.50 Å². The van der Waals surface area contributed by atoms with Gasteiger partial charge in [-0.25, -0.2) is 4.39 Å². The minimum atomic E-state index is -0.368. The van der Waals surface area contributed by atoms with Crippen molar-refractivity contribution in [3.05, 3.63) is 35.6 Å². The topological polar surface area (TPSA) is 20.2 Å². The summed E-state index contributed by atoms with van der Waals surface area (Å²) >= 11 is 0. The molecule has 4 fully saturated rings. The van der Waals surface area contributed by atoms with E-state index in [2.05, 4.69) is 0 Å². The van der Waals surface area contributed by atoms with E-state index in [9.17, 15) is 9.50 Å². The monoisotopic (exact) mass is 274 g/mol. The first-order valence-corrected chi connectivity index (χ1v) is 8.06. The highest BCUT2D eigenvalue weighted by Crippen LogP contribution is 2.61. The Balaban J connectivity index is 1.56. The number of rotatable bonds is 3. The lowest BCUT2D eigenvalue weighted by atomic mass is 9.48. The average Bonchev–Trinajstić information content (AvgIpc) is 2.40. The van der Waals surface area contributed by atoms with E-state index in [0.29, 0.717) is 12.0 Å². The highest BCUT2D eigenvalue weighted by Gasteiger charge is 2.53. The molecular weight excluding hydrogens is 251 g/mol. The van der Waals surface area contributed by atoms with Gasteiger partial charge in [0.15, 0.2) is 0 Å². The molecule has 108 valence electrons. The van der Waals surface area contributed by atoms with Crippen LogP contribution in [-0.4, -0.2) is 11.2 Å². The van der Waals surface area contributed by atoms with Gasteiger partial charge >= 0.3 is 0 Å². The quantitative estimate of drug-likeness (QED) is 0.885. The number of aliphatic hydroxyl groups excluding tert-OH is 1. The Bertz CT molecular complexity index is 475. The molecule has 1 nitrogen and oxygen atoms in total. The van der Waals surface area contributed by atoms with Gasteiger partial charge in [0.05, 0.1) is 6.10 Å². The maximum Gasteiger partial charge on any atom is 0.126 e. The van der Waals surface area contributed by atoms with Gasteiger partial charge in [-0.2, -0.15) is 0 Å². The van der Waals surface area contributed by atoms with Crippen LogP contribution in [0.5, 0.6) is 0 Å². The predicted octanol–water partition coefficient (Wildman–Crippen LogP) is 3.95. The summed E-state index contributed by atoms with van der Waals surface area (Å²) in [5.74, 6) is 2.32.